The summed E-state index contributed by atoms with van der Waals surface area (Å²) < 4.78 is 11.3. The van der Waals surface area contributed by atoms with Gasteiger partial charge in [-0.15, -0.1) is 0 Å². The molecule has 1 aliphatic heterocycles. The van der Waals surface area contributed by atoms with E-state index in [1.165, 1.54) is 22.0 Å². The quantitative estimate of drug-likeness (QED) is 0.530. The first-order valence-electron chi connectivity index (χ1n) is 10.1. The summed E-state index contributed by atoms with van der Waals surface area (Å²) >= 11 is 0. The van der Waals surface area contributed by atoms with Gasteiger partial charge in [-0.25, -0.2) is 0 Å². The lowest BCUT2D eigenvalue weighted by atomic mass is 9.97. The first-order chi connectivity index (χ1) is 13.7. The van der Waals surface area contributed by atoms with Crippen molar-refractivity contribution in [2.75, 3.05) is 27.3 Å². The van der Waals surface area contributed by atoms with Gasteiger partial charge in [-0.2, -0.15) is 0 Å². The molecule has 0 bridgehead atoms. The summed E-state index contributed by atoms with van der Waals surface area (Å²) in [5.74, 6) is 1.48. The molecule has 1 aliphatic rings. The second-order valence-corrected chi connectivity index (χ2v) is 7.38. The standard InChI is InChI=1S/C24H32N2O2/c1-5-23(28-6-2)24(27-4)15-18-10-9-13-26(3)20(14-18)16-19-17-25-22-12-8-7-11-21(19)22/h5,7-8,11-12,15,17,20,25H,1,6,9-10,13-14,16H2,2-4H3/b18-15-,24-23-. The number of H-pyrrole nitrogens is 1. The Labute approximate surface area is 168 Å². The molecule has 0 radical (unpaired) electrons. The summed E-state index contributed by atoms with van der Waals surface area (Å²) in [5.41, 5.74) is 4.00. The molecule has 0 saturated carbocycles. The molecule has 0 spiro atoms. The number of ether oxygens (including phenoxy) is 2. The Morgan fingerprint density at radius 2 is 2.14 bits per heavy atom. The summed E-state index contributed by atoms with van der Waals surface area (Å²) in [6.45, 7) is 7.54. The van der Waals surface area contributed by atoms with Crippen molar-refractivity contribution < 1.29 is 9.47 Å². The van der Waals surface area contributed by atoms with Crippen LogP contribution in [0.1, 0.15) is 31.7 Å². The van der Waals surface area contributed by atoms with Gasteiger partial charge in [-0.1, -0.05) is 30.4 Å². The van der Waals surface area contributed by atoms with E-state index in [2.05, 4.69) is 60.0 Å². The van der Waals surface area contributed by atoms with Gasteiger partial charge < -0.3 is 19.4 Å². The largest absolute Gasteiger partial charge is 0.493 e. The summed E-state index contributed by atoms with van der Waals surface area (Å²) in [6.07, 6.45) is 10.3. The summed E-state index contributed by atoms with van der Waals surface area (Å²) in [6, 6.07) is 9.00. The van der Waals surface area contributed by atoms with Crippen molar-refractivity contribution in [1.29, 1.82) is 0 Å². The number of hydrogen-bond donors (Lipinski definition) is 1. The molecule has 1 aromatic carbocycles. The molecule has 150 valence electrons. The Balaban J connectivity index is 1.84. The number of benzene rings is 1. The molecule has 1 unspecified atom stereocenters. The molecule has 1 atom stereocenters. The van der Waals surface area contributed by atoms with Crippen LogP contribution in [0.5, 0.6) is 0 Å². The van der Waals surface area contributed by atoms with E-state index in [0.29, 0.717) is 18.4 Å². The topological polar surface area (TPSA) is 37.5 Å². The highest BCUT2D eigenvalue weighted by Crippen LogP contribution is 2.28. The van der Waals surface area contributed by atoms with Gasteiger partial charge >= 0.3 is 0 Å². The van der Waals surface area contributed by atoms with Crippen LogP contribution in [0.25, 0.3) is 10.9 Å². The molecule has 1 saturated heterocycles. The maximum atomic E-state index is 5.68. The van der Waals surface area contributed by atoms with E-state index >= 15 is 0 Å². The number of hydrogen-bond acceptors (Lipinski definition) is 3. The maximum absolute atomic E-state index is 5.68. The number of likely N-dealkylation sites (tertiary alicyclic amines) is 1. The molecule has 4 nitrogen and oxygen atoms in total. The molecule has 3 rings (SSSR count). The Morgan fingerprint density at radius 3 is 2.89 bits per heavy atom. The highest BCUT2D eigenvalue weighted by atomic mass is 16.5. The molecule has 28 heavy (non-hydrogen) atoms. The predicted molar refractivity (Wildman–Crippen MR) is 116 cm³/mol. The zero-order valence-electron chi connectivity index (χ0n) is 17.3. The number of para-hydroxylation sites is 1. The van der Waals surface area contributed by atoms with E-state index in [1.807, 2.05) is 6.92 Å². The lowest BCUT2D eigenvalue weighted by Crippen LogP contribution is -2.32. The first-order valence-corrected chi connectivity index (χ1v) is 10.1. The van der Waals surface area contributed by atoms with Gasteiger partial charge in [0.25, 0.3) is 0 Å². The minimum Gasteiger partial charge on any atom is -0.493 e. The molecule has 2 aromatic rings. The van der Waals surface area contributed by atoms with Crippen LogP contribution in [-0.2, 0) is 15.9 Å². The fourth-order valence-electron chi connectivity index (χ4n) is 4.01. The van der Waals surface area contributed by atoms with Gasteiger partial charge in [-0.05, 0) is 70.0 Å². The van der Waals surface area contributed by atoms with Crippen molar-refractivity contribution in [3.8, 4) is 0 Å². The summed E-state index contributed by atoms with van der Waals surface area (Å²) in [7, 11) is 3.94. The zero-order valence-corrected chi connectivity index (χ0v) is 17.3. The SMILES string of the molecule is C=C/C(OCC)=C(\C=C1\CCCN(C)C(Cc2c[nH]c3ccccc23)C1)OC. The molecular formula is C24H32N2O2. The van der Waals surface area contributed by atoms with Crippen LogP contribution in [-0.4, -0.2) is 43.2 Å². The van der Waals surface area contributed by atoms with Crippen LogP contribution in [0.3, 0.4) is 0 Å². The van der Waals surface area contributed by atoms with Gasteiger partial charge in [0.1, 0.15) is 0 Å². The molecular weight excluding hydrogens is 348 g/mol. The molecule has 2 heterocycles. The summed E-state index contributed by atoms with van der Waals surface area (Å²) in [4.78, 5) is 5.90. The number of nitrogens with zero attached hydrogens (tertiary/aromatic N) is 1. The molecule has 0 amide bonds. The van der Waals surface area contributed by atoms with Crippen molar-refractivity contribution in [3.63, 3.8) is 0 Å². The fraction of sp³-hybridized carbons (Fsp3) is 0.417. The summed E-state index contributed by atoms with van der Waals surface area (Å²) in [5, 5.41) is 1.33. The highest BCUT2D eigenvalue weighted by Gasteiger charge is 2.22. The van der Waals surface area contributed by atoms with Gasteiger partial charge in [0.2, 0.25) is 0 Å². The molecule has 0 aliphatic carbocycles. The number of aromatic nitrogens is 1. The third-order valence-corrected chi connectivity index (χ3v) is 5.54. The normalized spacial score (nSPS) is 20.7. The molecule has 4 heteroatoms. The Hall–Kier alpha value is -2.46. The van der Waals surface area contributed by atoms with Crippen LogP contribution in [0.2, 0.25) is 0 Å². The number of rotatable bonds is 7. The number of nitrogens with one attached hydrogen (secondary N) is 1. The lowest BCUT2D eigenvalue weighted by molar-refractivity contribution is 0.205. The van der Waals surface area contributed by atoms with Crippen LogP contribution >= 0.6 is 0 Å². The monoisotopic (exact) mass is 380 g/mol. The molecule has 1 aromatic heterocycles. The number of aromatic amines is 1. The third-order valence-electron chi connectivity index (χ3n) is 5.54. The van der Waals surface area contributed by atoms with Crippen LogP contribution in [0.4, 0.5) is 0 Å². The molecule has 1 N–H and O–H groups in total. The van der Waals surface area contributed by atoms with E-state index < -0.39 is 0 Å². The minimum absolute atomic E-state index is 0.463. The van der Waals surface area contributed by atoms with E-state index in [0.717, 1.165) is 38.0 Å². The maximum Gasteiger partial charge on any atom is 0.160 e. The smallest absolute Gasteiger partial charge is 0.160 e. The second-order valence-electron chi connectivity index (χ2n) is 7.38. The van der Waals surface area contributed by atoms with E-state index in [4.69, 9.17) is 9.47 Å². The average molecular weight is 381 g/mol. The van der Waals surface area contributed by atoms with Crippen molar-refractivity contribution in [3.05, 3.63) is 71.8 Å². The van der Waals surface area contributed by atoms with Gasteiger partial charge in [-0.3, -0.25) is 0 Å². The Morgan fingerprint density at radius 1 is 1.32 bits per heavy atom. The van der Waals surface area contributed by atoms with Crippen molar-refractivity contribution >= 4 is 10.9 Å². The van der Waals surface area contributed by atoms with Crippen molar-refractivity contribution in [2.45, 2.75) is 38.6 Å². The van der Waals surface area contributed by atoms with Crippen molar-refractivity contribution in [1.82, 2.24) is 9.88 Å². The second kappa shape index (κ2) is 9.65. The number of likely N-dealkylation sites (N-methyl/N-ethyl adjacent to an activating group) is 1. The van der Waals surface area contributed by atoms with E-state index in [9.17, 15) is 0 Å². The fourth-order valence-corrected chi connectivity index (χ4v) is 4.01. The van der Waals surface area contributed by atoms with Gasteiger partial charge in [0, 0.05) is 23.1 Å². The number of fused-ring (bicyclic) bond motifs is 1. The average Bonchev–Trinajstić information content (AvgIpc) is 3.03. The lowest BCUT2D eigenvalue weighted by Gasteiger charge is -2.26. The van der Waals surface area contributed by atoms with Crippen LogP contribution < -0.4 is 0 Å². The van der Waals surface area contributed by atoms with Gasteiger partial charge in [0.05, 0.1) is 13.7 Å². The number of methoxy groups -OCH3 is 1. The predicted octanol–water partition coefficient (Wildman–Crippen LogP) is 5.20. The van der Waals surface area contributed by atoms with Gasteiger partial charge in [0.15, 0.2) is 11.5 Å². The van der Waals surface area contributed by atoms with E-state index in [-0.39, 0.29) is 0 Å². The Bertz CT molecular complexity index is 862. The van der Waals surface area contributed by atoms with Crippen molar-refractivity contribution in [2.24, 2.45) is 0 Å². The number of allylic oxidation sites excluding steroid dienone is 2. The first kappa shape index (κ1) is 20.3. The zero-order chi connectivity index (χ0) is 19.9. The molecule has 1 fully saturated rings. The van der Waals surface area contributed by atoms with Crippen LogP contribution in [0, 0.1) is 0 Å². The van der Waals surface area contributed by atoms with E-state index in [1.54, 1.807) is 13.2 Å². The van der Waals surface area contributed by atoms with Crippen LogP contribution in [0.15, 0.2) is 66.3 Å². The minimum atomic E-state index is 0.463. The highest BCUT2D eigenvalue weighted by molar-refractivity contribution is 5.83. The Kier molecular flexibility index (Phi) is 6.99. The third kappa shape index (κ3) is 4.68.